The Bertz CT molecular complexity index is 1200. The average molecular weight is 566 g/mol. The number of carboxylic acid groups (broad SMARTS) is 1. The van der Waals surface area contributed by atoms with Crippen molar-refractivity contribution in [3.63, 3.8) is 0 Å². The highest BCUT2D eigenvalue weighted by molar-refractivity contribution is 9.10. The smallest absolute Gasteiger partial charge is 0.459 e. The molecule has 2 heterocycles. The number of nitrogens with one attached hydrogen (secondary N) is 2. The number of aliphatic hydroxyl groups is 1. The van der Waals surface area contributed by atoms with Crippen molar-refractivity contribution in [2.24, 2.45) is 0 Å². The highest BCUT2D eigenvalue weighted by Gasteiger charge is 2.57. The number of aromatic nitrogens is 2. The number of para-hydroxylation sites is 1. The quantitative estimate of drug-likeness (QED) is 0.258. The van der Waals surface area contributed by atoms with E-state index in [1.165, 1.54) is 26.0 Å². The van der Waals surface area contributed by atoms with Crippen molar-refractivity contribution >= 4 is 29.6 Å². The molecule has 0 bridgehead atoms. The summed E-state index contributed by atoms with van der Waals surface area (Å²) in [7, 11) is -4.42. The first-order valence-electron chi connectivity index (χ1n) is 9.80. The topological polar surface area (TPSA) is 169 Å². The molecular formula is C19H22BrFN3O9P. The number of halogens is 2. The van der Waals surface area contributed by atoms with Crippen molar-refractivity contribution in [2.45, 2.75) is 42.4 Å². The van der Waals surface area contributed by atoms with Crippen LogP contribution in [-0.4, -0.2) is 54.7 Å². The standard InChI is InChI=1S/C19H22BrFN3O9P/c1-18(2,16(27)28)23-34(30,33-11-6-4-3-5-7-11)31-10-12-14(26)19(20,21)15(32-12)24-9-8-13(25)22-17(24)29/h3-9,12,14-15,26H,10H2,1-2H3,(H,23,30)(H,27,28)(H,22,25,29)/t12-,14-,15-,19-,34?/m1/s1. The van der Waals surface area contributed by atoms with E-state index in [1.54, 1.807) is 18.2 Å². The summed E-state index contributed by atoms with van der Waals surface area (Å²) in [6.07, 6.45) is -4.14. The van der Waals surface area contributed by atoms with Crippen LogP contribution in [0.4, 0.5) is 4.39 Å². The third-order valence-corrected chi connectivity index (χ3v) is 7.45. The number of aliphatic hydroxyl groups excluding tert-OH is 1. The molecule has 0 radical (unpaired) electrons. The molecule has 186 valence electrons. The van der Waals surface area contributed by atoms with Gasteiger partial charge in [-0.25, -0.2) is 13.8 Å². The maximum atomic E-state index is 15.3. The lowest BCUT2D eigenvalue weighted by atomic mass is 10.1. The summed E-state index contributed by atoms with van der Waals surface area (Å²) in [5, 5.41) is 22.1. The lowest BCUT2D eigenvalue weighted by molar-refractivity contribution is -0.142. The molecular weight excluding hydrogens is 544 g/mol. The van der Waals surface area contributed by atoms with Crippen LogP contribution in [0.1, 0.15) is 20.1 Å². The molecule has 5 atom stereocenters. The molecule has 1 aromatic heterocycles. The zero-order valence-corrected chi connectivity index (χ0v) is 20.4. The van der Waals surface area contributed by atoms with Gasteiger partial charge in [-0.1, -0.05) is 18.2 Å². The number of carbonyl (C=O) groups is 1. The Morgan fingerprint density at radius 3 is 2.59 bits per heavy atom. The number of alkyl halides is 2. The lowest BCUT2D eigenvalue weighted by Crippen LogP contribution is -2.46. The molecule has 1 saturated heterocycles. The minimum absolute atomic E-state index is 0.0883. The second-order valence-corrected chi connectivity index (χ2v) is 10.8. The largest absolute Gasteiger partial charge is 0.480 e. The predicted octanol–water partition coefficient (Wildman–Crippen LogP) is 1.51. The van der Waals surface area contributed by atoms with E-state index >= 15 is 4.39 Å². The molecule has 0 saturated carbocycles. The highest BCUT2D eigenvalue weighted by Crippen LogP contribution is 2.49. The number of H-pyrrole nitrogens is 1. The van der Waals surface area contributed by atoms with Gasteiger partial charge in [0.05, 0.1) is 6.61 Å². The number of hydrogen-bond donors (Lipinski definition) is 4. The summed E-state index contributed by atoms with van der Waals surface area (Å²) in [6, 6.07) is 8.71. The van der Waals surface area contributed by atoms with Crippen molar-refractivity contribution in [1.29, 1.82) is 0 Å². The van der Waals surface area contributed by atoms with E-state index in [-0.39, 0.29) is 5.75 Å². The van der Waals surface area contributed by atoms with E-state index in [0.717, 1.165) is 12.3 Å². The van der Waals surface area contributed by atoms with Crippen molar-refractivity contribution in [1.82, 2.24) is 14.6 Å². The molecule has 0 aliphatic carbocycles. The Morgan fingerprint density at radius 2 is 2.00 bits per heavy atom. The highest BCUT2D eigenvalue weighted by atomic mass is 79.9. The third-order valence-electron chi connectivity index (χ3n) is 4.81. The van der Waals surface area contributed by atoms with Crippen molar-refractivity contribution < 1.29 is 37.7 Å². The molecule has 12 nitrogen and oxygen atoms in total. The number of aromatic amines is 1. The van der Waals surface area contributed by atoms with Gasteiger partial charge in [0.1, 0.15) is 23.5 Å². The van der Waals surface area contributed by atoms with Crippen LogP contribution in [0.2, 0.25) is 0 Å². The first kappa shape index (κ1) is 26.3. The van der Waals surface area contributed by atoms with Gasteiger partial charge in [0.2, 0.25) is 4.58 Å². The zero-order valence-electron chi connectivity index (χ0n) is 17.9. The Morgan fingerprint density at radius 1 is 1.35 bits per heavy atom. The second kappa shape index (κ2) is 9.72. The van der Waals surface area contributed by atoms with Crippen molar-refractivity contribution in [2.75, 3.05) is 6.61 Å². The number of aliphatic carboxylic acids is 1. The fourth-order valence-corrected chi connectivity index (χ4v) is 5.29. The molecule has 34 heavy (non-hydrogen) atoms. The molecule has 1 aromatic carbocycles. The predicted molar refractivity (Wildman–Crippen MR) is 119 cm³/mol. The van der Waals surface area contributed by atoms with Gasteiger partial charge in [-0.05, 0) is 41.9 Å². The fraction of sp³-hybridized carbons (Fsp3) is 0.421. The minimum Gasteiger partial charge on any atom is -0.480 e. The maximum absolute atomic E-state index is 15.3. The number of benzene rings is 1. The van der Waals surface area contributed by atoms with Crippen LogP contribution in [0, 0.1) is 0 Å². The summed E-state index contributed by atoms with van der Waals surface area (Å²) < 4.78 is 42.9. The van der Waals surface area contributed by atoms with Gasteiger partial charge < -0.3 is 19.5 Å². The molecule has 15 heteroatoms. The average Bonchev–Trinajstić information content (AvgIpc) is 2.96. The summed E-state index contributed by atoms with van der Waals surface area (Å²) in [5.41, 5.74) is -3.47. The number of hydrogen-bond acceptors (Lipinski definition) is 8. The molecule has 1 aliphatic heterocycles. The van der Waals surface area contributed by atoms with Crippen LogP contribution in [0.25, 0.3) is 0 Å². The first-order chi connectivity index (χ1) is 15.7. The molecule has 4 N–H and O–H groups in total. The maximum Gasteiger partial charge on any atom is 0.459 e. The molecule has 0 spiro atoms. The summed E-state index contributed by atoms with van der Waals surface area (Å²) in [5.74, 6) is -1.27. The Balaban J connectivity index is 1.83. The third kappa shape index (κ3) is 5.65. The normalized spacial score (nSPS) is 26.7. The van der Waals surface area contributed by atoms with E-state index in [0.29, 0.717) is 4.57 Å². The molecule has 1 aliphatic rings. The SMILES string of the molecule is CC(C)(NP(=O)(OC[C@H]1O[C@@H](n2ccc(=O)[nH]c2=O)[C@@](F)(Br)[C@@H]1O)Oc1ccccc1)C(=O)O. The second-order valence-electron chi connectivity index (χ2n) is 7.90. The van der Waals surface area contributed by atoms with Crippen LogP contribution < -0.4 is 20.9 Å². The lowest BCUT2D eigenvalue weighted by Gasteiger charge is -2.28. The van der Waals surface area contributed by atoms with E-state index in [4.69, 9.17) is 13.8 Å². The Hall–Kier alpha value is -2.35. The van der Waals surface area contributed by atoms with Crippen LogP contribution in [0.3, 0.4) is 0 Å². The van der Waals surface area contributed by atoms with E-state index in [2.05, 4.69) is 21.0 Å². The Labute approximate surface area is 200 Å². The summed E-state index contributed by atoms with van der Waals surface area (Å²) in [4.78, 5) is 36.8. The molecule has 1 unspecified atom stereocenters. The molecule has 0 amide bonds. The van der Waals surface area contributed by atoms with Gasteiger partial charge in [0.15, 0.2) is 6.23 Å². The Kier molecular flexibility index (Phi) is 7.51. The monoisotopic (exact) mass is 565 g/mol. The molecule has 3 rings (SSSR count). The van der Waals surface area contributed by atoms with Crippen molar-refractivity contribution in [3.8, 4) is 5.75 Å². The zero-order chi connectivity index (χ0) is 25.3. The fourth-order valence-electron chi connectivity index (χ4n) is 2.98. The van der Waals surface area contributed by atoms with E-state index in [1.807, 2.05) is 4.98 Å². The van der Waals surface area contributed by atoms with E-state index in [9.17, 15) is 29.2 Å². The molecule has 2 aromatic rings. The van der Waals surface area contributed by atoms with Crippen LogP contribution in [0.5, 0.6) is 5.75 Å². The number of rotatable bonds is 9. The van der Waals surface area contributed by atoms with Gasteiger partial charge in [0, 0.05) is 12.3 Å². The van der Waals surface area contributed by atoms with Gasteiger partial charge in [0.25, 0.3) is 5.56 Å². The van der Waals surface area contributed by atoms with Crippen LogP contribution in [-0.2, 0) is 18.6 Å². The van der Waals surface area contributed by atoms with Gasteiger partial charge in [-0.2, -0.15) is 5.09 Å². The van der Waals surface area contributed by atoms with Crippen LogP contribution in [0.15, 0.2) is 52.2 Å². The van der Waals surface area contributed by atoms with Gasteiger partial charge >= 0.3 is 19.4 Å². The summed E-state index contributed by atoms with van der Waals surface area (Å²) in [6.45, 7) is 1.73. The minimum atomic E-state index is -4.42. The first-order valence-corrected chi connectivity index (χ1v) is 12.1. The number of carboxylic acids is 1. The van der Waals surface area contributed by atoms with Crippen LogP contribution >= 0.6 is 23.7 Å². The van der Waals surface area contributed by atoms with E-state index < -0.39 is 60.1 Å². The number of ether oxygens (including phenoxy) is 1. The van der Waals surface area contributed by atoms with Gasteiger partial charge in [-0.15, -0.1) is 0 Å². The summed E-state index contributed by atoms with van der Waals surface area (Å²) >= 11 is 2.70. The number of nitrogens with zero attached hydrogens (tertiary/aromatic N) is 1. The van der Waals surface area contributed by atoms with Gasteiger partial charge in [-0.3, -0.25) is 23.7 Å². The van der Waals surface area contributed by atoms with Crippen molar-refractivity contribution in [3.05, 3.63) is 63.4 Å². The molecule has 1 fully saturated rings.